The van der Waals surface area contributed by atoms with Crippen LogP contribution in [0.1, 0.15) is 41.5 Å². The van der Waals surface area contributed by atoms with Crippen LogP contribution in [0, 0.1) is 5.92 Å². The van der Waals surface area contributed by atoms with Gasteiger partial charge in [0.15, 0.2) is 5.76 Å². The van der Waals surface area contributed by atoms with E-state index in [2.05, 4.69) is 23.8 Å². The summed E-state index contributed by atoms with van der Waals surface area (Å²) in [6.07, 6.45) is 2.71. The molecule has 5 heteroatoms. The minimum absolute atomic E-state index is 0.102. The molecule has 0 spiro atoms. The van der Waals surface area contributed by atoms with Crippen molar-refractivity contribution in [2.45, 2.75) is 33.4 Å². The van der Waals surface area contributed by atoms with Crippen LogP contribution in [0.3, 0.4) is 0 Å². The van der Waals surface area contributed by atoms with Crippen LogP contribution in [-0.2, 0) is 19.5 Å². The molecular weight excluding hydrogens is 302 g/mol. The number of benzene rings is 1. The smallest absolute Gasteiger partial charge is 0.290 e. The molecule has 0 aliphatic carbocycles. The minimum Gasteiger partial charge on any atom is -0.451 e. The van der Waals surface area contributed by atoms with E-state index in [1.54, 1.807) is 11.0 Å². The summed E-state index contributed by atoms with van der Waals surface area (Å²) in [5, 5.41) is 0.941. The normalized spacial score (nSPS) is 13.7. The summed E-state index contributed by atoms with van der Waals surface area (Å²) in [7, 11) is 0. The molecule has 3 heterocycles. The fourth-order valence-electron chi connectivity index (χ4n) is 3.04. The number of hydrogen-bond acceptors (Lipinski definition) is 4. The van der Waals surface area contributed by atoms with E-state index in [0.717, 1.165) is 34.5 Å². The van der Waals surface area contributed by atoms with Gasteiger partial charge in [-0.05, 0) is 18.1 Å². The van der Waals surface area contributed by atoms with E-state index < -0.39 is 0 Å². The standard InChI is InChI=1S/C19H19N3O2/c1-12(2)7-18-20-9-14-10-22(11-15(14)21-18)19(23)17-8-13-5-3-4-6-16(13)24-17/h3-6,8-9,12H,7,10-11H2,1-2H3. The zero-order valence-electron chi connectivity index (χ0n) is 13.8. The Hall–Kier alpha value is -2.69. The van der Waals surface area contributed by atoms with Gasteiger partial charge in [-0.3, -0.25) is 4.79 Å². The zero-order valence-corrected chi connectivity index (χ0v) is 13.8. The summed E-state index contributed by atoms with van der Waals surface area (Å²) in [5.74, 6) is 1.63. The Kier molecular flexibility index (Phi) is 3.56. The lowest BCUT2D eigenvalue weighted by molar-refractivity contribution is 0.0720. The fraction of sp³-hybridized carbons (Fsp3) is 0.316. The summed E-state index contributed by atoms with van der Waals surface area (Å²) in [4.78, 5) is 23.5. The monoisotopic (exact) mass is 321 g/mol. The van der Waals surface area contributed by atoms with Crippen LogP contribution in [0.15, 0.2) is 40.9 Å². The molecule has 0 unspecified atom stereocenters. The number of carbonyl (C=O) groups is 1. The van der Waals surface area contributed by atoms with Gasteiger partial charge >= 0.3 is 0 Å². The van der Waals surface area contributed by atoms with Crippen molar-refractivity contribution in [2.24, 2.45) is 5.92 Å². The summed E-state index contributed by atoms with van der Waals surface area (Å²) in [5.41, 5.74) is 2.70. The number of furan rings is 1. The Balaban J connectivity index is 1.56. The number of nitrogens with zero attached hydrogens (tertiary/aromatic N) is 3. The van der Waals surface area contributed by atoms with Crippen LogP contribution < -0.4 is 0 Å². The minimum atomic E-state index is -0.102. The number of carbonyl (C=O) groups excluding carboxylic acids is 1. The predicted octanol–water partition coefficient (Wildman–Crippen LogP) is 3.58. The third-order valence-electron chi connectivity index (χ3n) is 4.22. The first-order chi connectivity index (χ1) is 11.6. The van der Waals surface area contributed by atoms with Gasteiger partial charge in [0.25, 0.3) is 5.91 Å². The quantitative estimate of drug-likeness (QED) is 0.740. The molecule has 0 radical (unpaired) electrons. The molecular formula is C19H19N3O2. The summed E-state index contributed by atoms with van der Waals surface area (Å²) in [6.45, 7) is 5.34. The van der Waals surface area contributed by atoms with E-state index in [1.807, 2.05) is 30.5 Å². The molecule has 2 aromatic heterocycles. The lowest BCUT2D eigenvalue weighted by atomic mass is 10.1. The molecule has 0 N–H and O–H groups in total. The van der Waals surface area contributed by atoms with Gasteiger partial charge in [0.1, 0.15) is 11.4 Å². The van der Waals surface area contributed by atoms with E-state index in [1.165, 1.54) is 0 Å². The molecule has 0 saturated carbocycles. The van der Waals surface area contributed by atoms with Crippen LogP contribution in [-0.4, -0.2) is 20.8 Å². The molecule has 0 bridgehead atoms. The van der Waals surface area contributed by atoms with Crippen molar-refractivity contribution in [3.63, 3.8) is 0 Å². The Morgan fingerprint density at radius 3 is 2.92 bits per heavy atom. The Labute approximate surface area is 140 Å². The molecule has 1 aliphatic rings. The third kappa shape index (κ3) is 2.66. The van der Waals surface area contributed by atoms with E-state index in [9.17, 15) is 4.79 Å². The van der Waals surface area contributed by atoms with Gasteiger partial charge in [-0.25, -0.2) is 9.97 Å². The summed E-state index contributed by atoms with van der Waals surface area (Å²) < 4.78 is 5.69. The van der Waals surface area contributed by atoms with Crippen molar-refractivity contribution >= 4 is 16.9 Å². The lowest BCUT2D eigenvalue weighted by Gasteiger charge is -2.12. The van der Waals surface area contributed by atoms with Crippen LogP contribution in [0.4, 0.5) is 0 Å². The maximum atomic E-state index is 12.7. The van der Waals surface area contributed by atoms with Crippen LogP contribution in [0.2, 0.25) is 0 Å². The highest BCUT2D eigenvalue weighted by molar-refractivity contribution is 5.96. The molecule has 1 aliphatic heterocycles. The largest absolute Gasteiger partial charge is 0.451 e. The molecule has 122 valence electrons. The molecule has 0 saturated heterocycles. The molecule has 4 rings (SSSR count). The number of fused-ring (bicyclic) bond motifs is 2. The first-order valence-corrected chi connectivity index (χ1v) is 8.21. The van der Waals surface area contributed by atoms with Gasteiger partial charge in [-0.2, -0.15) is 0 Å². The van der Waals surface area contributed by atoms with Crippen LogP contribution in [0.5, 0.6) is 0 Å². The van der Waals surface area contributed by atoms with Gasteiger partial charge in [0.2, 0.25) is 0 Å². The second-order valence-electron chi connectivity index (χ2n) is 6.67. The lowest BCUT2D eigenvalue weighted by Crippen LogP contribution is -2.24. The number of rotatable bonds is 3. The first kappa shape index (κ1) is 14.9. The van der Waals surface area contributed by atoms with Crippen LogP contribution >= 0.6 is 0 Å². The Bertz CT molecular complexity index is 881. The predicted molar refractivity (Wildman–Crippen MR) is 90.4 cm³/mol. The average Bonchev–Trinajstić information content (AvgIpc) is 3.16. The molecule has 5 nitrogen and oxygen atoms in total. The molecule has 0 atom stereocenters. The van der Waals surface area contributed by atoms with Crippen molar-refractivity contribution in [3.05, 3.63) is 59.4 Å². The summed E-state index contributed by atoms with van der Waals surface area (Å²) >= 11 is 0. The van der Waals surface area contributed by atoms with Crippen molar-refractivity contribution in [1.29, 1.82) is 0 Å². The van der Waals surface area contributed by atoms with Gasteiger partial charge < -0.3 is 9.32 Å². The SMILES string of the molecule is CC(C)Cc1ncc2c(n1)CN(C(=O)c1cc3ccccc3o1)C2. The number of amides is 1. The molecule has 1 aromatic carbocycles. The first-order valence-electron chi connectivity index (χ1n) is 8.21. The highest BCUT2D eigenvalue weighted by Gasteiger charge is 2.28. The van der Waals surface area contributed by atoms with Gasteiger partial charge in [0, 0.05) is 30.1 Å². The second kappa shape index (κ2) is 5.74. The summed E-state index contributed by atoms with van der Waals surface area (Å²) in [6, 6.07) is 9.45. The van der Waals surface area contributed by atoms with E-state index in [0.29, 0.717) is 24.8 Å². The topological polar surface area (TPSA) is 59.2 Å². The molecule has 24 heavy (non-hydrogen) atoms. The van der Waals surface area contributed by atoms with Gasteiger partial charge in [-0.1, -0.05) is 32.0 Å². The highest BCUT2D eigenvalue weighted by atomic mass is 16.3. The Morgan fingerprint density at radius 2 is 2.12 bits per heavy atom. The average molecular weight is 321 g/mol. The molecule has 3 aromatic rings. The Morgan fingerprint density at radius 1 is 1.29 bits per heavy atom. The van der Waals surface area contributed by atoms with E-state index >= 15 is 0 Å². The fourth-order valence-corrected chi connectivity index (χ4v) is 3.04. The van der Waals surface area contributed by atoms with Crippen molar-refractivity contribution < 1.29 is 9.21 Å². The van der Waals surface area contributed by atoms with E-state index in [-0.39, 0.29) is 5.91 Å². The molecule has 1 amide bonds. The number of hydrogen-bond donors (Lipinski definition) is 0. The maximum absolute atomic E-state index is 12.7. The highest BCUT2D eigenvalue weighted by Crippen LogP contribution is 2.25. The maximum Gasteiger partial charge on any atom is 0.290 e. The number of para-hydroxylation sites is 1. The zero-order chi connectivity index (χ0) is 16.7. The van der Waals surface area contributed by atoms with Crippen molar-refractivity contribution in [3.8, 4) is 0 Å². The van der Waals surface area contributed by atoms with Crippen LogP contribution in [0.25, 0.3) is 11.0 Å². The molecule has 0 fully saturated rings. The third-order valence-corrected chi connectivity index (χ3v) is 4.22. The van der Waals surface area contributed by atoms with Gasteiger partial charge in [-0.15, -0.1) is 0 Å². The van der Waals surface area contributed by atoms with Gasteiger partial charge in [0.05, 0.1) is 12.2 Å². The van der Waals surface area contributed by atoms with E-state index in [4.69, 9.17) is 4.42 Å². The van der Waals surface area contributed by atoms with Crippen molar-refractivity contribution in [1.82, 2.24) is 14.9 Å². The number of aromatic nitrogens is 2. The van der Waals surface area contributed by atoms with Crippen molar-refractivity contribution in [2.75, 3.05) is 0 Å². The second-order valence-corrected chi connectivity index (χ2v) is 6.67.